The fourth-order valence-corrected chi connectivity index (χ4v) is 3.20. The van der Waals surface area contributed by atoms with Crippen LogP contribution in [0, 0.1) is 0 Å². The van der Waals surface area contributed by atoms with Gasteiger partial charge in [-0.2, -0.15) is 8.78 Å². The number of rotatable bonds is 4. The number of nitrogens with one attached hydrogen (secondary N) is 1. The first-order valence-corrected chi connectivity index (χ1v) is 6.83. The van der Waals surface area contributed by atoms with Crippen LogP contribution in [-0.4, -0.2) is 19.4 Å². The largest absolute Gasteiger partial charge is 0.326 e. The monoisotopic (exact) mass is 297 g/mol. The maximum atomic E-state index is 13.8. The van der Waals surface area contributed by atoms with Gasteiger partial charge in [0, 0.05) is 0 Å². The van der Waals surface area contributed by atoms with Crippen molar-refractivity contribution in [1.29, 1.82) is 0 Å². The normalized spacial score (nSPS) is 15.9. The Balaban J connectivity index is 2.21. The maximum absolute atomic E-state index is 13.8. The van der Waals surface area contributed by atoms with Crippen LogP contribution in [-0.2, 0) is 12.8 Å². The Hall–Kier alpha value is -1.62. The Morgan fingerprint density at radius 2 is 1.71 bits per heavy atom. The minimum Gasteiger partial charge on any atom is -0.308 e. The molecule has 1 unspecified atom stereocenters. The predicted molar refractivity (Wildman–Crippen MR) is 74.1 cm³/mol. The van der Waals surface area contributed by atoms with Gasteiger partial charge >= 0.3 is 12.3 Å². The van der Waals surface area contributed by atoms with Crippen molar-refractivity contribution in [2.24, 2.45) is 0 Å². The van der Waals surface area contributed by atoms with Crippen LogP contribution in [0.2, 0.25) is 0 Å². The van der Waals surface area contributed by atoms with Crippen LogP contribution in [0.15, 0.2) is 30.3 Å². The molecule has 5 heteroatoms. The van der Waals surface area contributed by atoms with Crippen molar-refractivity contribution in [2.45, 2.75) is 31.2 Å². The lowest BCUT2D eigenvalue weighted by Gasteiger charge is -2.27. The lowest BCUT2D eigenvalue weighted by molar-refractivity contribution is -0.150. The number of aryl methyl sites for hydroxylation is 2. The molecule has 0 radical (unpaired) electrons. The molecule has 0 aromatic heterocycles. The summed E-state index contributed by atoms with van der Waals surface area (Å²) < 4.78 is 53.1. The minimum absolute atomic E-state index is 0.227. The van der Waals surface area contributed by atoms with Gasteiger partial charge in [0.05, 0.1) is 0 Å². The summed E-state index contributed by atoms with van der Waals surface area (Å²) in [5.74, 6) is -4.12. The van der Waals surface area contributed by atoms with E-state index in [-0.39, 0.29) is 5.56 Å². The van der Waals surface area contributed by atoms with Gasteiger partial charge in [-0.05, 0) is 47.4 Å². The molecular formula is C16H15F4N. The first-order valence-electron chi connectivity index (χ1n) is 6.83. The summed E-state index contributed by atoms with van der Waals surface area (Å²) in [7, 11) is 1.28. The quantitative estimate of drug-likeness (QED) is 0.838. The molecule has 0 aliphatic heterocycles. The number of halogens is 4. The lowest BCUT2D eigenvalue weighted by Crippen LogP contribution is -2.41. The van der Waals surface area contributed by atoms with Crippen molar-refractivity contribution >= 4 is 10.8 Å². The zero-order valence-electron chi connectivity index (χ0n) is 11.5. The average Bonchev–Trinajstić information content (AvgIpc) is 2.87. The number of hydrogen-bond donors (Lipinski definition) is 1. The number of benzene rings is 2. The van der Waals surface area contributed by atoms with E-state index < -0.39 is 18.4 Å². The SMILES string of the molecule is CNC(c1ccc2c3c(cccc13)CC2)C(F)(F)C(F)F. The number of hydrogen-bond acceptors (Lipinski definition) is 1. The zero-order chi connectivity index (χ0) is 15.2. The van der Waals surface area contributed by atoms with Crippen molar-refractivity contribution in [3.8, 4) is 0 Å². The van der Waals surface area contributed by atoms with Crippen LogP contribution >= 0.6 is 0 Å². The van der Waals surface area contributed by atoms with E-state index in [1.165, 1.54) is 7.05 Å². The summed E-state index contributed by atoms with van der Waals surface area (Å²) in [6.45, 7) is 0. The van der Waals surface area contributed by atoms with Gasteiger partial charge in [-0.3, -0.25) is 0 Å². The second kappa shape index (κ2) is 4.98. The molecule has 21 heavy (non-hydrogen) atoms. The highest BCUT2D eigenvalue weighted by atomic mass is 19.3. The van der Waals surface area contributed by atoms with Crippen LogP contribution in [0.5, 0.6) is 0 Å². The fraction of sp³-hybridized carbons (Fsp3) is 0.375. The summed E-state index contributed by atoms with van der Waals surface area (Å²) in [6, 6.07) is 7.10. The molecule has 2 aromatic carbocycles. The molecule has 0 saturated carbocycles. The summed E-state index contributed by atoms with van der Waals surface area (Å²) in [4.78, 5) is 0. The van der Waals surface area contributed by atoms with E-state index in [1.807, 2.05) is 6.07 Å². The highest BCUT2D eigenvalue weighted by molar-refractivity contribution is 5.93. The summed E-state index contributed by atoms with van der Waals surface area (Å²) in [5.41, 5.74) is 2.42. The molecule has 0 bridgehead atoms. The van der Waals surface area contributed by atoms with E-state index in [0.29, 0.717) is 5.39 Å². The van der Waals surface area contributed by atoms with Crippen LogP contribution in [0.25, 0.3) is 10.8 Å². The van der Waals surface area contributed by atoms with Crippen molar-refractivity contribution in [2.75, 3.05) is 7.05 Å². The molecule has 3 rings (SSSR count). The second-order valence-corrected chi connectivity index (χ2v) is 5.35. The van der Waals surface area contributed by atoms with Crippen LogP contribution < -0.4 is 5.32 Å². The van der Waals surface area contributed by atoms with Crippen molar-refractivity contribution in [1.82, 2.24) is 5.32 Å². The number of alkyl halides is 4. The molecule has 1 nitrogen and oxygen atoms in total. The van der Waals surface area contributed by atoms with Crippen molar-refractivity contribution in [3.63, 3.8) is 0 Å². The lowest BCUT2D eigenvalue weighted by atomic mass is 9.92. The molecule has 0 spiro atoms. The molecule has 112 valence electrons. The van der Waals surface area contributed by atoms with Gasteiger partial charge in [0.2, 0.25) is 0 Å². The standard InChI is InChI=1S/C16H15F4N/c1-21-14(16(19,20)15(17)18)12-8-7-10-6-5-9-3-2-4-11(12)13(9)10/h2-4,7-8,14-15,21H,5-6H2,1H3. The minimum atomic E-state index is -4.12. The molecule has 0 amide bonds. The van der Waals surface area contributed by atoms with E-state index in [1.54, 1.807) is 24.3 Å². The third-order valence-electron chi connectivity index (χ3n) is 4.19. The second-order valence-electron chi connectivity index (χ2n) is 5.35. The Morgan fingerprint density at radius 1 is 1.05 bits per heavy atom. The van der Waals surface area contributed by atoms with E-state index in [0.717, 1.165) is 29.4 Å². The smallest absolute Gasteiger partial charge is 0.308 e. The molecular weight excluding hydrogens is 282 g/mol. The fourth-order valence-electron chi connectivity index (χ4n) is 3.20. The Morgan fingerprint density at radius 3 is 2.33 bits per heavy atom. The van der Waals surface area contributed by atoms with Crippen LogP contribution in [0.3, 0.4) is 0 Å². The van der Waals surface area contributed by atoms with Gasteiger partial charge in [0.25, 0.3) is 0 Å². The predicted octanol–water partition coefficient (Wildman–Crippen LogP) is 4.10. The molecule has 1 aliphatic rings. The molecule has 1 aliphatic carbocycles. The summed E-state index contributed by atoms with van der Waals surface area (Å²) in [6.07, 6.45) is -1.98. The van der Waals surface area contributed by atoms with Crippen LogP contribution in [0.4, 0.5) is 17.6 Å². The van der Waals surface area contributed by atoms with Crippen molar-refractivity contribution in [3.05, 3.63) is 47.0 Å². The van der Waals surface area contributed by atoms with Gasteiger partial charge in [-0.1, -0.05) is 30.3 Å². The topological polar surface area (TPSA) is 12.0 Å². The molecule has 2 aromatic rings. The van der Waals surface area contributed by atoms with Gasteiger partial charge in [0.1, 0.15) is 6.04 Å². The van der Waals surface area contributed by atoms with E-state index in [4.69, 9.17) is 0 Å². The molecule has 1 N–H and O–H groups in total. The first-order chi connectivity index (χ1) is 9.96. The third-order valence-corrected chi connectivity index (χ3v) is 4.19. The van der Waals surface area contributed by atoms with E-state index in [2.05, 4.69) is 5.32 Å². The first kappa shape index (κ1) is 14.3. The van der Waals surface area contributed by atoms with Gasteiger partial charge in [-0.25, -0.2) is 8.78 Å². The molecule has 0 heterocycles. The molecule has 0 fully saturated rings. The highest BCUT2D eigenvalue weighted by Gasteiger charge is 2.49. The molecule has 0 saturated heterocycles. The van der Waals surface area contributed by atoms with Gasteiger partial charge < -0.3 is 5.32 Å². The molecule has 1 atom stereocenters. The van der Waals surface area contributed by atoms with Crippen LogP contribution in [0.1, 0.15) is 22.7 Å². The zero-order valence-corrected chi connectivity index (χ0v) is 11.5. The summed E-state index contributed by atoms with van der Waals surface area (Å²) in [5, 5.41) is 3.95. The van der Waals surface area contributed by atoms with Gasteiger partial charge in [0.15, 0.2) is 0 Å². The Kier molecular flexibility index (Phi) is 3.40. The van der Waals surface area contributed by atoms with E-state index in [9.17, 15) is 17.6 Å². The average molecular weight is 297 g/mol. The highest BCUT2D eigenvalue weighted by Crippen LogP contribution is 2.41. The third kappa shape index (κ3) is 2.11. The van der Waals surface area contributed by atoms with Gasteiger partial charge in [-0.15, -0.1) is 0 Å². The Bertz CT molecular complexity index is 671. The van der Waals surface area contributed by atoms with Crippen molar-refractivity contribution < 1.29 is 17.6 Å². The Labute approximate surface area is 120 Å². The van der Waals surface area contributed by atoms with E-state index >= 15 is 0 Å². The summed E-state index contributed by atoms with van der Waals surface area (Å²) >= 11 is 0. The maximum Gasteiger partial charge on any atom is 0.326 e.